The van der Waals surface area contributed by atoms with Gasteiger partial charge in [-0.2, -0.15) is 0 Å². The Balaban J connectivity index is 1.75. The number of ether oxygens (including phenoxy) is 4. The third-order valence-corrected chi connectivity index (χ3v) is 9.87. The van der Waals surface area contributed by atoms with E-state index in [0.29, 0.717) is 10.6 Å². The summed E-state index contributed by atoms with van der Waals surface area (Å²) in [6, 6.07) is 22.5. The van der Waals surface area contributed by atoms with Crippen LogP contribution in [0.15, 0.2) is 84.9 Å². The van der Waals surface area contributed by atoms with Crippen molar-refractivity contribution in [3.05, 3.63) is 90.5 Å². The summed E-state index contributed by atoms with van der Waals surface area (Å²) in [4.78, 5) is 49.4. The maximum atomic E-state index is 15.0. The number of aliphatic hydroxyl groups is 1. The summed E-state index contributed by atoms with van der Waals surface area (Å²) in [5.74, 6) is -2.97. The number of carbonyl (C=O) groups excluding carboxylic acids is 4. The number of esters is 3. The van der Waals surface area contributed by atoms with Crippen LogP contribution in [0.25, 0.3) is 0 Å². The van der Waals surface area contributed by atoms with Crippen LogP contribution >= 0.6 is 7.14 Å². The number of amides is 1. The molecule has 3 aromatic rings. The van der Waals surface area contributed by atoms with Crippen LogP contribution in [0, 0.1) is 0 Å². The van der Waals surface area contributed by atoms with E-state index < -0.39 is 68.2 Å². The Bertz CT molecular complexity index is 1470. The third-order valence-electron chi connectivity index (χ3n) is 6.75. The highest BCUT2D eigenvalue weighted by Crippen LogP contribution is 2.43. The third kappa shape index (κ3) is 7.19. The molecule has 0 radical (unpaired) electrons. The van der Waals surface area contributed by atoms with E-state index in [1.54, 1.807) is 78.9 Å². The highest BCUT2D eigenvalue weighted by molar-refractivity contribution is 7.85. The van der Waals surface area contributed by atoms with Crippen LogP contribution in [0.3, 0.4) is 0 Å². The summed E-state index contributed by atoms with van der Waals surface area (Å²) in [6.07, 6.45) is -5.78. The van der Waals surface area contributed by atoms with Crippen molar-refractivity contribution in [2.24, 2.45) is 0 Å². The lowest BCUT2D eigenvalue weighted by Gasteiger charge is -2.43. The SMILES string of the molecule is CC(=O)OCC1O[C@@H](O)C(NC(=O)c2ccccc2P(=O)(c2ccccc2)c2ccccc2)C(OC(C)=O)[C@@H]1OC(C)=O. The molecule has 3 unspecified atom stereocenters. The molecule has 226 valence electrons. The van der Waals surface area contributed by atoms with Gasteiger partial charge < -0.3 is 33.9 Å². The Kier molecular flexibility index (Phi) is 10.1. The molecule has 0 aliphatic carbocycles. The van der Waals surface area contributed by atoms with Gasteiger partial charge in [-0.25, -0.2) is 0 Å². The first-order valence-electron chi connectivity index (χ1n) is 13.5. The van der Waals surface area contributed by atoms with Gasteiger partial charge in [0.2, 0.25) is 0 Å². The molecule has 1 aliphatic heterocycles. The Morgan fingerprint density at radius 3 is 1.81 bits per heavy atom. The van der Waals surface area contributed by atoms with E-state index in [9.17, 15) is 24.3 Å². The quantitative estimate of drug-likeness (QED) is 0.208. The molecule has 1 aliphatic rings. The molecule has 43 heavy (non-hydrogen) atoms. The maximum absolute atomic E-state index is 15.0. The van der Waals surface area contributed by atoms with Crippen LogP contribution in [-0.2, 0) is 37.9 Å². The fourth-order valence-corrected chi connectivity index (χ4v) is 7.80. The first-order chi connectivity index (χ1) is 20.5. The van der Waals surface area contributed by atoms with E-state index in [1.165, 1.54) is 6.07 Å². The average Bonchev–Trinajstić information content (AvgIpc) is 2.99. The first kappa shape index (κ1) is 31.6. The van der Waals surface area contributed by atoms with Crippen molar-refractivity contribution in [3.63, 3.8) is 0 Å². The molecule has 1 saturated heterocycles. The van der Waals surface area contributed by atoms with E-state index in [2.05, 4.69) is 5.32 Å². The molecule has 5 atom stereocenters. The molecule has 11 nitrogen and oxygen atoms in total. The van der Waals surface area contributed by atoms with Crippen molar-refractivity contribution in [2.45, 2.75) is 51.4 Å². The topological polar surface area (TPSA) is 155 Å². The minimum absolute atomic E-state index is 0.0402. The van der Waals surface area contributed by atoms with E-state index in [4.69, 9.17) is 18.9 Å². The fourth-order valence-electron chi connectivity index (χ4n) is 4.95. The van der Waals surface area contributed by atoms with Crippen LogP contribution in [0.2, 0.25) is 0 Å². The predicted molar refractivity (Wildman–Crippen MR) is 156 cm³/mol. The summed E-state index contributed by atoms with van der Waals surface area (Å²) in [5, 5.41) is 14.8. The standard InChI is InChI=1S/C31H32NO10P/c1-19(33)39-18-25-28(40-20(2)34)29(41-21(3)35)27(31(37)42-25)32-30(36)24-16-10-11-17-26(24)43(38,22-12-6-4-7-13-22)23-14-8-5-9-15-23/h4-17,25,27-29,31,37H,18H2,1-3H3,(H,32,36)/t25?,27?,28-,29?,31-/m1/s1. The van der Waals surface area contributed by atoms with Crippen LogP contribution in [-0.4, -0.2) is 66.2 Å². The largest absolute Gasteiger partial charge is 0.463 e. The average molecular weight is 610 g/mol. The summed E-state index contributed by atoms with van der Waals surface area (Å²) in [7, 11) is -3.59. The van der Waals surface area contributed by atoms with Gasteiger partial charge in [0.25, 0.3) is 5.91 Å². The van der Waals surface area contributed by atoms with E-state index in [1.807, 2.05) is 0 Å². The maximum Gasteiger partial charge on any atom is 0.303 e. The molecule has 4 rings (SSSR count). The molecule has 1 amide bonds. The summed E-state index contributed by atoms with van der Waals surface area (Å²) in [6.45, 7) is 2.96. The number of carbonyl (C=O) groups is 4. The number of rotatable bonds is 9. The minimum atomic E-state index is -3.59. The molecule has 3 aromatic carbocycles. The minimum Gasteiger partial charge on any atom is -0.463 e. The van der Waals surface area contributed by atoms with Crippen molar-refractivity contribution in [3.8, 4) is 0 Å². The van der Waals surface area contributed by atoms with Gasteiger partial charge in [-0.15, -0.1) is 0 Å². The molecule has 1 heterocycles. The van der Waals surface area contributed by atoms with Gasteiger partial charge >= 0.3 is 17.9 Å². The first-order valence-corrected chi connectivity index (χ1v) is 15.2. The lowest BCUT2D eigenvalue weighted by atomic mass is 9.96. The van der Waals surface area contributed by atoms with Gasteiger partial charge in [0, 0.05) is 36.7 Å². The van der Waals surface area contributed by atoms with E-state index in [0.717, 1.165) is 20.8 Å². The van der Waals surface area contributed by atoms with Gasteiger partial charge in [0.1, 0.15) is 18.8 Å². The van der Waals surface area contributed by atoms with Gasteiger partial charge in [0.15, 0.2) is 25.6 Å². The van der Waals surface area contributed by atoms with E-state index in [-0.39, 0.29) is 10.9 Å². The molecule has 0 spiro atoms. The highest BCUT2D eigenvalue weighted by atomic mass is 31.2. The fraction of sp³-hybridized carbons (Fsp3) is 0.290. The van der Waals surface area contributed by atoms with Crippen LogP contribution < -0.4 is 21.2 Å². The Hall–Kier alpha value is -4.31. The van der Waals surface area contributed by atoms with Gasteiger partial charge in [-0.3, -0.25) is 19.2 Å². The van der Waals surface area contributed by atoms with Crippen molar-refractivity contribution < 1.29 is 47.8 Å². The molecule has 0 saturated carbocycles. The van der Waals surface area contributed by atoms with Crippen molar-refractivity contribution in [2.75, 3.05) is 6.61 Å². The second-order valence-electron chi connectivity index (χ2n) is 9.81. The molecule has 12 heteroatoms. The number of nitrogens with one attached hydrogen (secondary N) is 1. The predicted octanol–water partition coefficient (Wildman–Crippen LogP) is 1.57. The molecular weight excluding hydrogens is 577 g/mol. The molecule has 2 N–H and O–H groups in total. The normalized spacial score (nSPS) is 21.7. The Labute approximate surface area is 248 Å². The van der Waals surface area contributed by atoms with Crippen LogP contribution in [0.5, 0.6) is 0 Å². The summed E-state index contributed by atoms with van der Waals surface area (Å²) >= 11 is 0. The lowest BCUT2D eigenvalue weighted by molar-refractivity contribution is -0.263. The summed E-state index contributed by atoms with van der Waals surface area (Å²) < 4.78 is 36.4. The van der Waals surface area contributed by atoms with Crippen molar-refractivity contribution >= 4 is 46.9 Å². The van der Waals surface area contributed by atoms with Crippen LogP contribution in [0.1, 0.15) is 31.1 Å². The zero-order valence-corrected chi connectivity index (χ0v) is 24.6. The molecule has 0 bridgehead atoms. The van der Waals surface area contributed by atoms with Gasteiger partial charge in [-0.05, 0) is 6.07 Å². The lowest BCUT2D eigenvalue weighted by Crippen LogP contribution is -2.66. The number of aliphatic hydroxyl groups excluding tert-OH is 1. The van der Waals surface area contributed by atoms with Crippen molar-refractivity contribution in [1.29, 1.82) is 0 Å². The second-order valence-corrected chi connectivity index (χ2v) is 12.5. The van der Waals surface area contributed by atoms with Gasteiger partial charge in [0.05, 0.1) is 5.56 Å². The van der Waals surface area contributed by atoms with Gasteiger partial charge in [-0.1, -0.05) is 78.9 Å². The molecule has 0 aromatic heterocycles. The Morgan fingerprint density at radius 2 is 1.28 bits per heavy atom. The van der Waals surface area contributed by atoms with Crippen LogP contribution in [0.4, 0.5) is 0 Å². The summed E-state index contributed by atoms with van der Waals surface area (Å²) in [5.41, 5.74) is 0.0402. The zero-order chi connectivity index (χ0) is 31.1. The smallest absolute Gasteiger partial charge is 0.303 e. The molecular formula is C31H32NO10P. The number of hydrogen-bond donors (Lipinski definition) is 2. The number of benzene rings is 3. The number of hydrogen-bond acceptors (Lipinski definition) is 10. The molecule has 1 fully saturated rings. The Morgan fingerprint density at radius 1 is 0.767 bits per heavy atom. The highest BCUT2D eigenvalue weighted by Gasteiger charge is 2.51. The van der Waals surface area contributed by atoms with Crippen molar-refractivity contribution in [1.82, 2.24) is 5.32 Å². The second kappa shape index (κ2) is 13.8. The monoisotopic (exact) mass is 609 g/mol. The van der Waals surface area contributed by atoms with E-state index >= 15 is 4.57 Å². The zero-order valence-electron chi connectivity index (χ0n) is 23.7.